The van der Waals surface area contributed by atoms with E-state index in [0.29, 0.717) is 18.5 Å². The van der Waals surface area contributed by atoms with Crippen LogP contribution < -0.4 is 5.32 Å². The molecule has 0 aromatic heterocycles. The van der Waals surface area contributed by atoms with Gasteiger partial charge in [-0.05, 0) is 44.7 Å². The lowest BCUT2D eigenvalue weighted by atomic mass is 9.64. The topological polar surface area (TPSA) is 86.6 Å². The third kappa shape index (κ3) is 3.04. The summed E-state index contributed by atoms with van der Waals surface area (Å²) < 4.78 is 25.9. The number of alkyl halides is 2. The van der Waals surface area contributed by atoms with Gasteiger partial charge in [0.15, 0.2) is 0 Å². The number of piperidine rings is 1. The number of hydrogen-bond acceptors (Lipinski definition) is 3. The number of rotatable bonds is 4. The Labute approximate surface area is 126 Å². The van der Waals surface area contributed by atoms with Gasteiger partial charge >= 0.3 is 11.9 Å². The maximum absolute atomic E-state index is 12.9. The van der Waals surface area contributed by atoms with Crippen molar-refractivity contribution in [1.29, 1.82) is 0 Å². The summed E-state index contributed by atoms with van der Waals surface area (Å²) in [6.07, 6.45) is 0.662. The number of hydrogen-bond donors (Lipinski definition) is 3. The van der Waals surface area contributed by atoms with E-state index in [1.807, 2.05) is 0 Å². The van der Waals surface area contributed by atoms with E-state index in [-0.39, 0.29) is 18.4 Å². The molecular weight excluding hydrogens is 296 g/mol. The predicted octanol–water partition coefficient (Wildman–Crippen LogP) is 2.05. The second kappa shape index (κ2) is 6.16. The minimum absolute atomic E-state index is 0.00882. The molecule has 3 N–H and O–H groups in total. The van der Waals surface area contributed by atoms with Crippen molar-refractivity contribution in [1.82, 2.24) is 5.32 Å². The lowest BCUT2D eigenvalue weighted by Crippen LogP contribution is -2.50. The summed E-state index contributed by atoms with van der Waals surface area (Å²) in [6.45, 7) is 1.93. The molecule has 1 aliphatic carbocycles. The summed E-state index contributed by atoms with van der Waals surface area (Å²) in [5.41, 5.74) is -0.880. The Morgan fingerprint density at radius 3 is 2.64 bits per heavy atom. The van der Waals surface area contributed by atoms with E-state index in [9.17, 15) is 28.6 Å². The average Bonchev–Trinajstić information content (AvgIpc) is 2.46. The van der Waals surface area contributed by atoms with Crippen LogP contribution in [0.15, 0.2) is 23.3 Å². The van der Waals surface area contributed by atoms with Crippen molar-refractivity contribution in [3.63, 3.8) is 0 Å². The van der Waals surface area contributed by atoms with Gasteiger partial charge in [-0.25, -0.2) is 13.6 Å². The predicted molar refractivity (Wildman–Crippen MR) is 74.7 cm³/mol. The minimum Gasteiger partial charge on any atom is -0.481 e. The highest BCUT2D eigenvalue weighted by Gasteiger charge is 2.49. The van der Waals surface area contributed by atoms with Crippen LogP contribution in [-0.2, 0) is 9.59 Å². The van der Waals surface area contributed by atoms with E-state index in [2.05, 4.69) is 5.32 Å². The van der Waals surface area contributed by atoms with Crippen molar-refractivity contribution < 1.29 is 28.6 Å². The SMILES string of the molecule is CC1=CC(C(=O)O)([C@H]2CCN[C@@H](C(F)F)C2)CC(C(=O)O)=C1. The third-order valence-electron chi connectivity index (χ3n) is 4.51. The molecule has 22 heavy (non-hydrogen) atoms. The first-order valence-corrected chi connectivity index (χ1v) is 7.14. The Balaban J connectivity index is 2.36. The molecule has 5 nitrogen and oxygen atoms in total. The van der Waals surface area contributed by atoms with Gasteiger partial charge < -0.3 is 15.5 Å². The fourth-order valence-corrected chi connectivity index (χ4v) is 3.46. The van der Waals surface area contributed by atoms with Crippen molar-refractivity contribution in [3.05, 3.63) is 23.3 Å². The molecule has 1 saturated heterocycles. The molecule has 2 rings (SSSR count). The molecular formula is C15H19F2NO4. The Morgan fingerprint density at radius 1 is 1.41 bits per heavy atom. The molecule has 2 aliphatic rings. The number of halogens is 2. The van der Waals surface area contributed by atoms with Crippen molar-refractivity contribution in [2.45, 2.75) is 38.7 Å². The van der Waals surface area contributed by atoms with Gasteiger partial charge in [-0.1, -0.05) is 11.6 Å². The number of carboxylic acids is 2. The molecule has 1 heterocycles. The van der Waals surface area contributed by atoms with Gasteiger partial charge in [0.25, 0.3) is 6.43 Å². The molecule has 0 bridgehead atoms. The van der Waals surface area contributed by atoms with Crippen LogP contribution in [0.1, 0.15) is 26.2 Å². The first kappa shape index (κ1) is 16.6. The first-order valence-electron chi connectivity index (χ1n) is 7.14. The zero-order valence-corrected chi connectivity index (χ0v) is 12.2. The number of aliphatic carboxylic acids is 2. The van der Waals surface area contributed by atoms with E-state index in [4.69, 9.17) is 0 Å². The van der Waals surface area contributed by atoms with Crippen LogP contribution in [0.2, 0.25) is 0 Å². The molecule has 7 heteroatoms. The highest BCUT2D eigenvalue weighted by molar-refractivity contribution is 5.90. The van der Waals surface area contributed by atoms with Gasteiger partial charge in [-0.3, -0.25) is 4.79 Å². The van der Waals surface area contributed by atoms with Gasteiger partial charge in [-0.2, -0.15) is 0 Å². The Hall–Kier alpha value is -1.76. The number of carboxylic acid groups (broad SMARTS) is 2. The number of allylic oxidation sites excluding steroid dienone is 2. The molecule has 0 radical (unpaired) electrons. The molecule has 1 fully saturated rings. The molecule has 0 spiro atoms. The van der Waals surface area contributed by atoms with E-state index in [1.54, 1.807) is 6.92 Å². The maximum Gasteiger partial charge on any atom is 0.331 e. The van der Waals surface area contributed by atoms with Crippen molar-refractivity contribution in [2.75, 3.05) is 6.54 Å². The van der Waals surface area contributed by atoms with Crippen LogP contribution in [0.5, 0.6) is 0 Å². The Morgan fingerprint density at radius 2 is 2.09 bits per heavy atom. The number of carbonyl (C=O) groups is 2. The average molecular weight is 315 g/mol. The van der Waals surface area contributed by atoms with Crippen LogP contribution in [0.25, 0.3) is 0 Å². The monoisotopic (exact) mass is 315 g/mol. The third-order valence-corrected chi connectivity index (χ3v) is 4.51. The van der Waals surface area contributed by atoms with Crippen LogP contribution >= 0.6 is 0 Å². The molecule has 0 aromatic carbocycles. The highest BCUT2D eigenvalue weighted by Crippen LogP contribution is 2.46. The molecule has 0 saturated carbocycles. The minimum atomic E-state index is -2.57. The summed E-state index contributed by atoms with van der Waals surface area (Å²) in [6, 6.07) is -1.05. The van der Waals surface area contributed by atoms with Crippen molar-refractivity contribution >= 4 is 11.9 Å². The van der Waals surface area contributed by atoms with Crippen LogP contribution in [0, 0.1) is 11.3 Å². The molecule has 3 atom stereocenters. The van der Waals surface area contributed by atoms with Gasteiger partial charge in [-0.15, -0.1) is 0 Å². The smallest absolute Gasteiger partial charge is 0.331 e. The molecule has 1 unspecified atom stereocenters. The largest absolute Gasteiger partial charge is 0.481 e. The molecule has 0 aromatic rings. The summed E-state index contributed by atoms with van der Waals surface area (Å²) in [5.74, 6) is -2.85. The standard InChI is InChI=1S/C15H19F2NO4/c1-8-4-9(13(19)20)7-15(6-8,14(21)22)10-2-3-18-11(5-10)12(16)17/h4,6,10-12,18H,2-3,5,7H2,1H3,(H,19,20)(H,21,22)/t10-,11+,15?/m0/s1. The highest BCUT2D eigenvalue weighted by atomic mass is 19.3. The van der Waals surface area contributed by atoms with Crippen molar-refractivity contribution in [2.24, 2.45) is 11.3 Å². The van der Waals surface area contributed by atoms with E-state index >= 15 is 0 Å². The second-order valence-electron chi connectivity index (χ2n) is 6.00. The van der Waals surface area contributed by atoms with Gasteiger partial charge in [0.2, 0.25) is 0 Å². The normalized spacial score (nSPS) is 32.4. The van der Waals surface area contributed by atoms with Gasteiger partial charge in [0.05, 0.1) is 11.5 Å². The van der Waals surface area contributed by atoms with Crippen LogP contribution in [0.3, 0.4) is 0 Å². The fourth-order valence-electron chi connectivity index (χ4n) is 3.46. The molecule has 1 aliphatic heterocycles. The molecule has 122 valence electrons. The summed E-state index contributed by atoms with van der Waals surface area (Å²) in [4.78, 5) is 23.1. The zero-order chi connectivity index (χ0) is 16.5. The van der Waals surface area contributed by atoms with E-state index in [0.717, 1.165) is 0 Å². The lowest BCUT2D eigenvalue weighted by Gasteiger charge is -2.41. The molecule has 0 amide bonds. The van der Waals surface area contributed by atoms with Crippen LogP contribution in [-0.4, -0.2) is 41.2 Å². The van der Waals surface area contributed by atoms with Gasteiger partial charge in [0, 0.05) is 5.57 Å². The summed E-state index contributed by atoms with van der Waals surface area (Å²) >= 11 is 0. The second-order valence-corrected chi connectivity index (χ2v) is 6.00. The summed E-state index contributed by atoms with van der Waals surface area (Å²) in [5, 5.41) is 21.6. The van der Waals surface area contributed by atoms with E-state index < -0.39 is 35.7 Å². The number of nitrogens with one attached hydrogen (secondary N) is 1. The fraction of sp³-hybridized carbons (Fsp3) is 0.600. The maximum atomic E-state index is 12.9. The van der Waals surface area contributed by atoms with Gasteiger partial charge in [0.1, 0.15) is 0 Å². The van der Waals surface area contributed by atoms with Crippen LogP contribution in [0.4, 0.5) is 8.78 Å². The quantitative estimate of drug-likeness (QED) is 0.739. The first-order chi connectivity index (χ1) is 10.3. The van der Waals surface area contributed by atoms with E-state index in [1.165, 1.54) is 12.2 Å². The lowest BCUT2D eigenvalue weighted by molar-refractivity contribution is -0.150. The Bertz CT molecular complexity index is 544. The summed E-state index contributed by atoms with van der Waals surface area (Å²) in [7, 11) is 0. The Kier molecular flexibility index (Phi) is 4.65. The van der Waals surface area contributed by atoms with Crippen molar-refractivity contribution in [3.8, 4) is 0 Å². The zero-order valence-electron chi connectivity index (χ0n) is 12.2.